The third kappa shape index (κ3) is 2.36. The summed E-state index contributed by atoms with van der Waals surface area (Å²) in [7, 11) is -0.242. The van der Waals surface area contributed by atoms with Gasteiger partial charge in [-0.15, -0.1) is 0 Å². The van der Waals surface area contributed by atoms with Gasteiger partial charge in [0.25, 0.3) is 0 Å². The van der Waals surface area contributed by atoms with E-state index in [1.54, 1.807) is 14.2 Å². The van der Waals surface area contributed by atoms with Crippen LogP contribution in [0.15, 0.2) is 11.1 Å². The third-order valence-electron chi connectivity index (χ3n) is 3.17. The van der Waals surface area contributed by atoms with Gasteiger partial charge < -0.3 is 10.5 Å². The van der Waals surface area contributed by atoms with Crippen LogP contribution < -0.4 is 5.73 Å². The average Bonchev–Trinajstić information content (AvgIpc) is 2.69. The van der Waals surface area contributed by atoms with E-state index in [2.05, 4.69) is 5.10 Å². The quantitative estimate of drug-likeness (QED) is 0.824. The van der Waals surface area contributed by atoms with Crippen LogP contribution >= 0.6 is 0 Å². The van der Waals surface area contributed by atoms with Crippen molar-refractivity contribution in [3.05, 3.63) is 6.20 Å². The molecule has 102 valence electrons. The maximum atomic E-state index is 12.4. The van der Waals surface area contributed by atoms with Gasteiger partial charge in [0.15, 0.2) is 5.82 Å². The van der Waals surface area contributed by atoms with E-state index in [1.807, 2.05) is 0 Å². The van der Waals surface area contributed by atoms with E-state index < -0.39 is 10.0 Å². The molecule has 1 aromatic rings. The predicted molar refractivity (Wildman–Crippen MR) is 66.4 cm³/mol. The van der Waals surface area contributed by atoms with Gasteiger partial charge in [-0.3, -0.25) is 4.68 Å². The number of methoxy groups -OCH3 is 1. The van der Waals surface area contributed by atoms with Gasteiger partial charge >= 0.3 is 0 Å². The van der Waals surface area contributed by atoms with Crippen molar-refractivity contribution in [2.24, 2.45) is 7.05 Å². The number of hydrogen-bond donors (Lipinski definition) is 1. The Balaban J connectivity index is 2.20. The molecule has 0 aliphatic carbocycles. The van der Waals surface area contributed by atoms with Crippen LogP contribution in [0.25, 0.3) is 0 Å². The number of ether oxygens (including phenoxy) is 1. The van der Waals surface area contributed by atoms with Crippen LogP contribution in [0.5, 0.6) is 0 Å². The number of sulfonamides is 1. The van der Waals surface area contributed by atoms with Crippen molar-refractivity contribution in [3.8, 4) is 0 Å². The number of anilines is 1. The molecule has 2 heterocycles. The zero-order chi connectivity index (χ0) is 13.3. The second kappa shape index (κ2) is 4.87. The van der Waals surface area contributed by atoms with Crippen molar-refractivity contribution in [1.29, 1.82) is 0 Å². The molecule has 1 aliphatic rings. The number of rotatable bonds is 3. The molecule has 2 rings (SSSR count). The molecule has 1 fully saturated rings. The number of hydrogen-bond acceptors (Lipinski definition) is 5. The van der Waals surface area contributed by atoms with Crippen molar-refractivity contribution in [2.75, 3.05) is 25.9 Å². The minimum Gasteiger partial charge on any atom is -0.381 e. The molecule has 0 amide bonds. The van der Waals surface area contributed by atoms with Gasteiger partial charge in [-0.05, 0) is 12.8 Å². The lowest BCUT2D eigenvalue weighted by atomic mass is 10.1. The molecule has 0 bridgehead atoms. The van der Waals surface area contributed by atoms with E-state index in [-0.39, 0.29) is 16.8 Å². The van der Waals surface area contributed by atoms with Crippen LogP contribution in [0.2, 0.25) is 0 Å². The molecule has 8 heteroatoms. The molecule has 0 unspecified atom stereocenters. The average molecular weight is 274 g/mol. The molecule has 2 N–H and O–H groups in total. The maximum absolute atomic E-state index is 12.4. The minimum atomic E-state index is -3.53. The van der Waals surface area contributed by atoms with Crippen LogP contribution in [-0.2, 0) is 21.8 Å². The number of nitrogen functional groups attached to an aromatic ring is 1. The smallest absolute Gasteiger partial charge is 0.248 e. The minimum absolute atomic E-state index is 0.0476. The maximum Gasteiger partial charge on any atom is 0.248 e. The first-order valence-electron chi connectivity index (χ1n) is 5.77. The fourth-order valence-electron chi connectivity index (χ4n) is 2.13. The first-order valence-corrected chi connectivity index (χ1v) is 7.21. The van der Waals surface area contributed by atoms with E-state index in [0.717, 1.165) is 0 Å². The molecule has 1 aliphatic heterocycles. The monoisotopic (exact) mass is 274 g/mol. The first kappa shape index (κ1) is 13.3. The van der Waals surface area contributed by atoms with Crippen LogP contribution in [0.3, 0.4) is 0 Å². The molecular formula is C10H18N4O3S. The summed E-state index contributed by atoms with van der Waals surface area (Å²) in [5, 5.41) is 3.87. The van der Waals surface area contributed by atoms with Crippen LogP contribution in [0.4, 0.5) is 5.82 Å². The lowest BCUT2D eigenvalue weighted by molar-refractivity contribution is 0.0604. The van der Waals surface area contributed by atoms with E-state index in [0.29, 0.717) is 25.9 Å². The van der Waals surface area contributed by atoms with Crippen molar-refractivity contribution in [3.63, 3.8) is 0 Å². The van der Waals surface area contributed by atoms with Crippen molar-refractivity contribution in [1.82, 2.24) is 14.1 Å². The molecule has 0 saturated carbocycles. The zero-order valence-corrected chi connectivity index (χ0v) is 11.4. The largest absolute Gasteiger partial charge is 0.381 e. The van der Waals surface area contributed by atoms with E-state index >= 15 is 0 Å². The fourth-order valence-corrected chi connectivity index (χ4v) is 3.69. The highest BCUT2D eigenvalue weighted by Gasteiger charge is 2.31. The predicted octanol–water partition coefficient (Wildman–Crippen LogP) is -0.198. The van der Waals surface area contributed by atoms with Gasteiger partial charge in [-0.25, -0.2) is 8.42 Å². The van der Waals surface area contributed by atoms with Gasteiger partial charge in [0.05, 0.1) is 6.10 Å². The van der Waals surface area contributed by atoms with Crippen LogP contribution in [-0.4, -0.2) is 48.8 Å². The zero-order valence-electron chi connectivity index (χ0n) is 10.5. The molecule has 0 aromatic carbocycles. The Kier molecular flexibility index (Phi) is 3.60. The standard InChI is InChI=1S/C10H18N4O3S/c1-13-7-9(10(11)12-13)18(15,16)14-5-3-8(17-2)4-6-14/h7-8H,3-6H2,1-2H3,(H2,11,12). The third-order valence-corrected chi connectivity index (χ3v) is 5.09. The van der Waals surface area contributed by atoms with E-state index in [1.165, 1.54) is 15.2 Å². The lowest BCUT2D eigenvalue weighted by Gasteiger charge is -2.30. The van der Waals surface area contributed by atoms with Gasteiger partial charge in [-0.1, -0.05) is 0 Å². The van der Waals surface area contributed by atoms with Crippen molar-refractivity contribution in [2.45, 2.75) is 23.8 Å². The highest BCUT2D eigenvalue weighted by Crippen LogP contribution is 2.24. The summed E-state index contributed by atoms with van der Waals surface area (Å²) >= 11 is 0. The molecule has 0 spiro atoms. The molecule has 18 heavy (non-hydrogen) atoms. The van der Waals surface area contributed by atoms with Gasteiger partial charge in [-0.2, -0.15) is 9.40 Å². The Bertz CT molecular complexity index is 517. The first-order chi connectivity index (χ1) is 8.45. The number of aromatic nitrogens is 2. The number of aryl methyl sites for hydroxylation is 1. The molecule has 0 radical (unpaired) electrons. The summed E-state index contributed by atoms with van der Waals surface area (Å²) in [5.41, 5.74) is 5.63. The summed E-state index contributed by atoms with van der Waals surface area (Å²) in [6.07, 6.45) is 2.99. The van der Waals surface area contributed by atoms with Gasteiger partial charge in [0, 0.05) is 33.4 Å². The Morgan fingerprint density at radius 2 is 2.06 bits per heavy atom. The second-order valence-corrected chi connectivity index (χ2v) is 6.30. The summed E-state index contributed by atoms with van der Waals surface area (Å²) in [6, 6.07) is 0. The lowest BCUT2D eigenvalue weighted by Crippen LogP contribution is -2.40. The highest BCUT2D eigenvalue weighted by molar-refractivity contribution is 7.89. The SMILES string of the molecule is COC1CCN(S(=O)(=O)c2cn(C)nc2N)CC1. The highest BCUT2D eigenvalue weighted by atomic mass is 32.2. The summed E-state index contributed by atoms with van der Waals surface area (Å²) in [4.78, 5) is 0.0841. The van der Waals surface area contributed by atoms with Crippen LogP contribution in [0, 0.1) is 0 Å². The normalized spacial score (nSPS) is 19.2. The molecule has 7 nitrogen and oxygen atoms in total. The van der Waals surface area contributed by atoms with Gasteiger partial charge in [0.1, 0.15) is 4.90 Å². The Morgan fingerprint density at radius 3 is 2.50 bits per heavy atom. The molecular weight excluding hydrogens is 256 g/mol. The number of piperidine rings is 1. The summed E-state index contributed by atoms with van der Waals surface area (Å²) < 4.78 is 32.8. The Morgan fingerprint density at radius 1 is 1.44 bits per heavy atom. The number of nitrogens with two attached hydrogens (primary N) is 1. The Hall–Kier alpha value is -1.12. The molecule has 0 atom stereocenters. The van der Waals surface area contributed by atoms with E-state index in [9.17, 15) is 8.42 Å². The van der Waals surface area contributed by atoms with Crippen molar-refractivity contribution < 1.29 is 13.2 Å². The second-order valence-electron chi connectivity index (χ2n) is 4.39. The summed E-state index contributed by atoms with van der Waals surface area (Å²) in [5.74, 6) is 0.0476. The topological polar surface area (TPSA) is 90.5 Å². The van der Waals surface area contributed by atoms with E-state index in [4.69, 9.17) is 10.5 Å². The Labute approximate surface area is 107 Å². The molecule has 1 aromatic heterocycles. The van der Waals surface area contributed by atoms with Crippen LogP contribution in [0.1, 0.15) is 12.8 Å². The van der Waals surface area contributed by atoms with Crippen molar-refractivity contribution >= 4 is 15.8 Å². The fraction of sp³-hybridized carbons (Fsp3) is 0.700. The van der Waals surface area contributed by atoms with Gasteiger partial charge in [0.2, 0.25) is 10.0 Å². The summed E-state index contributed by atoms with van der Waals surface area (Å²) in [6.45, 7) is 0.907. The molecule has 1 saturated heterocycles. The number of nitrogens with zero attached hydrogens (tertiary/aromatic N) is 3.